The molecule has 2 rings (SSSR count). The van der Waals surface area contributed by atoms with Gasteiger partial charge in [-0.2, -0.15) is 11.8 Å². The number of nitrogens with one attached hydrogen (secondary N) is 2. The number of halogens is 2. The fourth-order valence-electron chi connectivity index (χ4n) is 3.18. The van der Waals surface area contributed by atoms with Gasteiger partial charge in [0.05, 0.1) is 4.75 Å². The minimum Gasteiger partial charge on any atom is -0.316 e. The molecule has 1 aliphatic rings. The van der Waals surface area contributed by atoms with Crippen molar-refractivity contribution >= 4 is 33.4 Å². The number of rotatable bonds is 9. The van der Waals surface area contributed by atoms with Gasteiger partial charge in [-0.3, -0.25) is 0 Å². The van der Waals surface area contributed by atoms with Crippen LogP contribution in [0.15, 0.2) is 18.2 Å². The maximum atomic E-state index is 13.7. The standard InChI is InChI=1S/C20H32ClFN2O2S2/c1-20(2,3)28(25,26)24-16-9-7-15(8-10-16)13-23-11-12-27-14-17-18(21)5-4-6-19(17)22/h4-6,15-16,23-24H,7-14H2,1-3H3. The summed E-state index contributed by atoms with van der Waals surface area (Å²) in [5, 5.41) is 3.96. The van der Waals surface area contributed by atoms with E-state index in [2.05, 4.69) is 10.0 Å². The first-order valence-electron chi connectivity index (χ1n) is 9.83. The molecule has 0 atom stereocenters. The molecule has 2 N–H and O–H groups in total. The Morgan fingerprint density at radius 1 is 1.21 bits per heavy atom. The van der Waals surface area contributed by atoms with Crippen molar-refractivity contribution in [2.75, 3.05) is 18.8 Å². The normalized spacial score (nSPS) is 21.0. The molecular weight excluding hydrogens is 419 g/mol. The Morgan fingerprint density at radius 2 is 1.89 bits per heavy atom. The molecule has 0 aromatic heterocycles. The quantitative estimate of drug-likeness (QED) is 0.540. The van der Waals surface area contributed by atoms with E-state index in [4.69, 9.17) is 11.6 Å². The molecular formula is C20H32ClFN2O2S2. The van der Waals surface area contributed by atoms with Crippen molar-refractivity contribution in [2.45, 2.75) is 63.0 Å². The van der Waals surface area contributed by atoms with Crippen molar-refractivity contribution in [3.63, 3.8) is 0 Å². The highest BCUT2D eigenvalue weighted by molar-refractivity contribution is 7.98. The lowest BCUT2D eigenvalue weighted by molar-refractivity contribution is 0.303. The van der Waals surface area contributed by atoms with Crippen molar-refractivity contribution in [1.82, 2.24) is 10.0 Å². The largest absolute Gasteiger partial charge is 0.316 e. The maximum Gasteiger partial charge on any atom is 0.216 e. The fourth-order valence-corrected chi connectivity index (χ4v) is 5.44. The Morgan fingerprint density at radius 3 is 2.50 bits per heavy atom. The van der Waals surface area contributed by atoms with Crippen LogP contribution in [0.1, 0.15) is 52.0 Å². The molecule has 4 nitrogen and oxygen atoms in total. The molecule has 0 saturated heterocycles. The molecule has 0 amide bonds. The molecule has 160 valence electrons. The van der Waals surface area contributed by atoms with Gasteiger partial charge in [0, 0.05) is 34.7 Å². The smallest absolute Gasteiger partial charge is 0.216 e. The van der Waals surface area contributed by atoms with Gasteiger partial charge in [0.15, 0.2) is 0 Å². The highest BCUT2D eigenvalue weighted by atomic mass is 35.5. The van der Waals surface area contributed by atoms with Crippen LogP contribution in [0.25, 0.3) is 0 Å². The summed E-state index contributed by atoms with van der Waals surface area (Å²) in [6, 6.07) is 4.84. The zero-order valence-corrected chi connectivity index (χ0v) is 19.3. The van der Waals surface area contributed by atoms with Gasteiger partial charge in [0.1, 0.15) is 5.82 Å². The summed E-state index contributed by atoms with van der Waals surface area (Å²) in [4.78, 5) is 0. The third kappa shape index (κ3) is 7.17. The Balaban J connectivity index is 1.59. The van der Waals surface area contributed by atoms with E-state index in [1.165, 1.54) is 6.07 Å². The van der Waals surface area contributed by atoms with Crippen LogP contribution in [0.4, 0.5) is 4.39 Å². The second-order valence-electron chi connectivity index (χ2n) is 8.41. The van der Waals surface area contributed by atoms with Gasteiger partial charge in [-0.15, -0.1) is 0 Å². The number of hydrogen-bond donors (Lipinski definition) is 2. The SMILES string of the molecule is CC(C)(C)S(=O)(=O)NC1CCC(CNCCSCc2c(F)cccc2Cl)CC1. The molecule has 1 aromatic rings. The minimum atomic E-state index is -3.28. The summed E-state index contributed by atoms with van der Waals surface area (Å²) >= 11 is 7.70. The summed E-state index contributed by atoms with van der Waals surface area (Å²) in [7, 11) is -3.28. The van der Waals surface area contributed by atoms with E-state index in [9.17, 15) is 12.8 Å². The van der Waals surface area contributed by atoms with Crippen molar-refractivity contribution in [3.8, 4) is 0 Å². The van der Waals surface area contributed by atoms with Crippen LogP contribution in [0.3, 0.4) is 0 Å². The van der Waals surface area contributed by atoms with Crippen molar-refractivity contribution in [1.29, 1.82) is 0 Å². The summed E-state index contributed by atoms with van der Waals surface area (Å²) in [5.41, 5.74) is 0.574. The van der Waals surface area contributed by atoms with Gasteiger partial charge in [0.25, 0.3) is 0 Å². The van der Waals surface area contributed by atoms with Crippen LogP contribution in [0.5, 0.6) is 0 Å². The van der Waals surface area contributed by atoms with Gasteiger partial charge in [-0.05, 0) is 71.0 Å². The van der Waals surface area contributed by atoms with Gasteiger partial charge in [0.2, 0.25) is 10.0 Å². The Bertz CT molecular complexity index is 710. The first kappa shape index (κ1) is 23.9. The second kappa shape index (κ2) is 10.6. The zero-order chi connectivity index (χ0) is 20.8. The number of thioether (sulfide) groups is 1. The van der Waals surface area contributed by atoms with E-state index >= 15 is 0 Å². The molecule has 0 spiro atoms. The van der Waals surface area contributed by atoms with Gasteiger partial charge in [-0.1, -0.05) is 17.7 Å². The molecule has 1 fully saturated rings. The summed E-state index contributed by atoms with van der Waals surface area (Å²) < 4.78 is 40.3. The highest BCUT2D eigenvalue weighted by Gasteiger charge is 2.32. The average Bonchev–Trinajstić information content (AvgIpc) is 2.60. The zero-order valence-electron chi connectivity index (χ0n) is 16.9. The Hall–Kier alpha value is -0.340. The number of sulfonamides is 1. The predicted octanol–water partition coefficient (Wildman–Crippen LogP) is 4.58. The monoisotopic (exact) mass is 450 g/mol. The van der Waals surface area contributed by atoms with E-state index in [0.717, 1.165) is 44.5 Å². The van der Waals surface area contributed by atoms with Crippen LogP contribution in [-0.2, 0) is 15.8 Å². The minimum absolute atomic E-state index is 0.0570. The lowest BCUT2D eigenvalue weighted by atomic mass is 9.86. The van der Waals surface area contributed by atoms with Gasteiger partial charge >= 0.3 is 0 Å². The summed E-state index contributed by atoms with van der Waals surface area (Å²) in [6.07, 6.45) is 3.84. The predicted molar refractivity (Wildman–Crippen MR) is 118 cm³/mol. The van der Waals surface area contributed by atoms with Gasteiger partial charge < -0.3 is 5.32 Å². The summed E-state index contributed by atoms with van der Waals surface area (Å²) in [5.74, 6) is 1.81. The van der Waals surface area contributed by atoms with E-state index < -0.39 is 14.8 Å². The van der Waals surface area contributed by atoms with Crippen LogP contribution in [0, 0.1) is 11.7 Å². The van der Waals surface area contributed by atoms with Crippen molar-refractivity contribution in [2.24, 2.45) is 5.92 Å². The highest BCUT2D eigenvalue weighted by Crippen LogP contribution is 2.26. The molecule has 0 unspecified atom stereocenters. The molecule has 0 bridgehead atoms. The lowest BCUT2D eigenvalue weighted by Gasteiger charge is -2.31. The molecule has 0 radical (unpaired) electrons. The second-order valence-corrected chi connectivity index (χ2v) is 12.4. The number of hydrogen-bond acceptors (Lipinski definition) is 4. The average molecular weight is 451 g/mol. The molecule has 0 aliphatic heterocycles. The Labute approximate surface area is 178 Å². The molecule has 0 heterocycles. The van der Waals surface area contributed by atoms with Crippen molar-refractivity contribution in [3.05, 3.63) is 34.6 Å². The summed E-state index contributed by atoms with van der Waals surface area (Å²) in [6.45, 7) is 6.99. The van der Waals surface area contributed by atoms with Crippen LogP contribution < -0.4 is 10.0 Å². The van der Waals surface area contributed by atoms with Crippen molar-refractivity contribution < 1.29 is 12.8 Å². The maximum absolute atomic E-state index is 13.7. The van der Waals surface area contributed by atoms with Gasteiger partial charge in [-0.25, -0.2) is 17.5 Å². The van der Waals surface area contributed by atoms with Crippen LogP contribution in [0.2, 0.25) is 5.02 Å². The topological polar surface area (TPSA) is 58.2 Å². The molecule has 1 aromatic carbocycles. The molecule has 1 saturated carbocycles. The van der Waals surface area contributed by atoms with E-state index in [-0.39, 0.29) is 11.9 Å². The first-order valence-corrected chi connectivity index (χ1v) is 12.8. The lowest BCUT2D eigenvalue weighted by Crippen LogP contribution is -2.46. The fraction of sp³-hybridized carbons (Fsp3) is 0.700. The van der Waals surface area contributed by atoms with Crippen LogP contribution >= 0.6 is 23.4 Å². The molecule has 1 aliphatic carbocycles. The van der Waals surface area contributed by atoms with E-state index in [1.807, 2.05) is 0 Å². The molecule has 28 heavy (non-hydrogen) atoms. The van der Waals surface area contributed by atoms with E-state index in [1.54, 1.807) is 44.7 Å². The third-order valence-electron chi connectivity index (χ3n) is 5.14. The Kier molecular flexibility index (Phi) is 9.08. The van der Waals surface area contributed by atoms with Crippen LogP contribution in [-0.4, -0.2) is 38.0 Å². The third-order valence-corrected chi connectivity index (χ3v) is 8.73. The first-order chi connectivity index (χ1) is 13.1. The van der Waals surface area contributed by atoms with E-state index in [0.29, 0.717) is 22.3 Å². The number of benzene rings is 1. The molecule has 8 heteroatoms.